The van der Waals surface area contributed by atoms with Gasteiger partial charge in [-0.2, -0.15) is 8.42 Å². The van der Waals surface area contributed by atoms with E-state index in [0.717, 1.165) is 4.48 Å². The molecule has 1 N–H and O–H groups in total. The highest BCUT2D eigenvalue weighted by Crippen LogP contribution is 2.44. The minimum Gasteiger partial charge on any atom is -0.341 e. The second kappa shape index (κ2) is 6.67. The first-order chi connectivity index (χ1) is 11.1. The van der Waals surface area contributed by atoms with Gasteiger partial charge in [0.1, 0.15) is 18.3 Å². The molecule has 1 aliphatic heterocycles. The second-order valence-electron chi connectivity index (χ2n) is 5.81. The van der Waals surface area contributed by atoms with Gasteiger partial charge in [0.15, 0.2) is 5.79 Å². The zero-order valence-corrected chi connectivity index (χ0v) is 16.0. The molecule has 3 rings (SSSR count). The SMILES string of the molecule is CC1(C)O[C@H]2[C@H](OS(=O)(=O)O)[C@@H](Sc3ccccn3)C=C(Br)[C@H]2O1. The normalized spacial score (nSPS) is 32.2. The van der Waals surface area contributed by atoms with E-state index >= 15 is 0 Å². The minimum absolute atomic E-state index is 0.449. The second-order valence-corrected chi connectivity index (χ2v) is 8.97. The molecule has 1 aromatic rings. The number of nitrogens with zero attached hydrogens (tertiary/aromatic N) is 1. The Kier molecular flexibility index (Phi) is 5.09. The number of hydrogen-bond donors (Lipinski definition) is 1. The molecule has 132 valence electrons. The van der Waals surface area contributed by atoms with Gasteiger partial charge in [0.05, 0.1) is 10.3 Å². The summed E-state index contributed by atoms with van der Waals surface area (Å²) in [5.41, 5.74) is 0. The number of pyridine rings is 1. The maximum atomic E-state index is 11.3. The van der Waals surface area contributed by atoms with Gasteiger partial charge in [-0.1, -0.05) is 39.8 Å². The largest absolute Gasteiger partial charge is 0.397 e. The highest BCUT2D eigenvalue weighted by atomic mass is 79.9. The molecule has 2 heterocycles. The molecule has 0 radical (unpaired) electrons. The van der Waals surface area contributed by atoms with E-state index in [9.17, 15) is 8.42 Å². The van der Waals surface area contributed by atoms with Crippen LogP contribution in [0.5, 0.6) is 0 Å². The van der Waals surface area contributed by atoms with Crippen LogP contribution < -0.4 is 0 Å². The van der Waals surface area contributed by atoms with E-state index in [-0.39, 0.29) is 0 Å². The molecule has 2 aliphatic rings. The fraction of sp³-hybridized carbons (Fsp3) is 0.500. The van der Waals surface area contributed by atoms with Gasteiger partial charge in [-0.3, -0.25) is 4.55 Å². The molecule has 0 saturated carbocycles. The summed E-state index contributed by atoms with van der Waals surface area (Å²) in [6.07, 6.45) is 1.28. The Labute approximate surface area is 152 Å². The fourth-order valence-electron chi connectivity index (χ4n) is 2.68. The van der Waals surface area contributed by atoms with Gasteiger partial charge in [0.2, 0.25) is 0 Å². The number of rotatable bonds is 4. The van der Waals surface area contributed by atoms with Crippen molar-refractivity contribution in [2.45, 2.75) is 48.2 Å². The third kappa shape index (κ3) is 4.18. The van der Waals surface area contributed by atoms with Crippen LogP contribution in [0, 0.1) is 0 Å². The Morgan fingerprint density at radius 2 is 2.12 bits per heavy atom. The van der Waals surface area contributed by atoms with Crippen molar-refractivity contribution in [3.05, 3.63) is 35.0 Å². The molecule has 1 aliphatic carbocycles. The van der Waals surface area contributed by atoms with E-state index in [4.69, 9.17) is 18.2 Å². The van der Waals surface area contributed by atoms with Gasteiger partial charge >= 0.3 is 10.4 Å². The molecule has 1 saturated heterocycles. The Bertz CT molecular complexity index is 739. The number of thioether (sulfide) groups is 1. The lowest BCUT2D eigenvalue weighted by molar-refractivity contribution is -0.150. The van der Waals surface area contributed by atoms with E-state index in [1.807, 2.05) is 6.07 Å². The van der Waals surface area contributed by atoms with E-state index in [2.05, 4.69) is 20.9 Å². The predicted molar refractivity (Wildman–Crippen MR) is 91.1 cm³/mol. The summed E-state index contributed by atoms with van der Waals surface area (Å²) >= 11 is 4.78. The van der Waals surface area contributed by atoms with Crippen LogP contribution in [-0.2, 0) is 24.1 Å². The van der Waals surface area contributed by atoms with Crippen LogP contribution in [0.2, 0.25) is 0 Å². The molecular formula is C14H16BrNO6S2. The first-order valence-electron chi connectivity index (χ1n) is 7.11. The molecule has 1 aromatic heterocycles. The molecule has 0 spiro atoms. The highest BCUT2D eigenvalue weighted by Gasteiger charge is 2.52. The quantitative estimate of drug-likeness (QED) is 0.717. The topological polar surface area (TPSA) is 95.0 Å². The summed E-state index contributed by atoms with van der Waals surface area (Å²) in [6, 6.07) is 5.42. The highest BCUT2D eigenvalue weighted by molar-refractivity contribution is 9.11. The predicted octanol–water partition coefficient (Wildman–Crippen LogP) is 2.54. The lowest BCUT2D eigenvalue weighted by Gasteiger charge is -2.33. The van der Waals surface area contributed by atoms with Gasteiger partial charge in [0, 0.05) is 10.7 Å². The average Bonchev–Trinajstić information content (AvgIpc) is 2.80. The minimum atomic E-state index is -4.66. The zero-order valence-electron chi connectivity index (χ0n) is 12.8. The van der Waals surface area contributed by atoms with Crippen molar-refractivity contribution < 1.29 is 26.6 Å². The molecule has 1 fully saturated rings. The monoisotopic (exact) mass is 437 g/mol. The number of aromatic nitrogens is 1. The summed E-state index contributed by atoms with van der Waals surface area (Å²) in [7, 11) is -4.66. The first kappa shape index (κ1) is 18.3. The summed E-state index contributed by atoms with van der Waals surface area (Å²) in [5, 5.41) is 0.245. The van der Waals surface area contributed by atoms with Crippen LogP contribution in [0.25, 0.3) is 0 Å². The number of halogens is 1. The van der Waals surface area contributed by atoms with Gasteiger partial charge < -0.3 is 9.47 Å². The zero-order chi connectivity index (χ0) is 17.5. The van der Waals surface area contributed by atoms with Gasteiger partial charge in [-0.05, 0) is 26.0 Å². The van der Waals surface area contributed by atoms with Crippen LogP contribution in [-0.4, -0.2) is 47.3 Å². The smallest absolute Gasteiger partial charge is 0.341 e. The van der Waals surface area contributed by atoms with Crippen molar-refractivity contribution in [2.24, 2.45) is 0 Å². The Morgan fingerprint density at radius 1 is 1.38 bits per heavy atom. The van der Waals surface area contributed by atoms with Crippen molar-refractivity contribution in [3.63, 3.8) is 0 Å². The van der Waals surface area contributed by atoms with E-state index in [0.29, 0.717) is 5.03 Å². The molecule has 24 heavy (non-hydrogen) atoms. The van der Waals surface area contributed by atoms with E-state index in [1.165, 1.54) is 11.8 Å². The number of hydrogen-bond acceptors (Lipinski definition) is 7. The average molecular weight is 438 g/mol. The third-order valence-electron chi connectivity index (χ3n) is 3.50. The van der Waals surface area contributed by atoms with Gasteiger partial charge in [-0.15, -0.1) is 0 Å². The molecule has 7 nitrogen and oxygen atoms in total. The summed E-state index contributed by atoms with van der Waals surface area (Å²) < 4.78 is 49.1. The van der Waals surface area contributed by atoms with Gasteiger partial charge in [0.25, 0.3) is 0 Å². The third-order valence-corrected chi connectivity index (χ3v) is 5.84. The molecule has 0 unspecified atom stereocenters. The maximum Gasteiger partial charge on any atom is 0.397 e. The van der Waals surface area contributed by atoms with Crippen molar-refractivity contribution in [1.82, 2.24) is 4.98 Å². The lowest BCUT2D eigenvalue weighted by Crippen LogP contribution is -2.47. The van der Waals surface area contributed by atoms with Crippen LogP contribution in [0.3, 0.4) is 0 Å². The summed E-state index contributed by atoms with van der Waals surface area (Å²) in [5.74, 6) is -0.895. The van der Waals surface area contributed by atoms with Gasteiger partial charge in [-0.25, -0.2) is 9.17 Å². The van der Waals surface area contributed by atoms with Crippen molar-refractivity contribution >= 4 is 38.1 Å². The van der Waals surface area contributed by atoms with E-state index < -0.39 is 39.7 Å². The van der Waals surface area contributed by atoms with Crippen molar-refractivity contribution in [3.8, 4) is 0 Å². The molecule has 0 aromatic carbocycles. The molecule has 4 atom stereocenters. The van der Waals surface area contributed by atoms with Crippen LogP contribution in [0.15, 0.2) is 40.0 Å². The Balaban J connectivity index is 1.93. The Morgan fingerprint density at radius 3 is 2.75 bits per heavy atom. The first-order valence-corrected chi connectivity index (χ1v) is 10.1. The summed E-state index contributed by atoms with van der Waals surface area (Å²) in [4.78, 5) is 4.22. The lowest BCUT2D eigenvalue weighted by atomic mass is 9.98. The van der Waals surface area contributed by atoms with Crippen LogP contribution >= 0.6 is 27.7 Å². The van der Waals surface area contributed by atoms with Crippen LogP contribution in [0.4, 0.5) is 0 Å². The molecule has 0 bridgehead atoms. The number of ether oxygens (including phenoxy) is 2. The number of fused-ring (bicyclic) bond motifs is 1. The molecular weight excluding hydrogens is 422 g/mol. The van der Waals surface area contributed by atoms with E-state index in [1.54, 1.807) is 38.3 Å². The molecule has 10 heteroatoms. The van der Waals surface area contributed by atoms with Crippen LogP contribution in [0.1, 0.15) is 13.8 Å². The fourth-order valence-corrected chi connectivity index (χ4v) is 5.19. The van der Waals surface area contributed by atoms with Crippen molar-refractivity contribution in [2.75, 3.05) is 0 Å². The molecule has 0 amide bonds. The Hall–Kier alpha value is -0.490. The maximum absolute atomic E-state index is 11.3. The standard InChI is InChI=1S/C14H16BrNO6S2/c1-14(2)20-11-8(15)7-9(23-10-5-3-4-6-16-10)12(13(11)21-14)22-24(17,18)19/h3-7,9,11-13H,1-2H3,(H,17,18,19)/t9-,11+,12+,13+/m0/s1. The summed E-state index contributed by atoms with van der Waals surface area (Å²) in [6.45, 7) is 3.47. The van der Waals surface area contributed by atoms with Crippen molar-refractivity contribution in [1.29, 1.82) is 0 Å².